The number of nitrogens with zero attached hydrogens (tertiary/aromatic N) is 1. The monoisotopic (exact) mass is 375 g/mol. The van der Waals surface area contributed by atoms with Crippen molar-refractivity contribution in [3.63, 3.8) is 0 Å². The molecule has 26 heavy (non-hydrogen) atoms. The Hall–Kier alpha value is -2.21. The van der Waals surface area contributed by atoms with Crippen molar-refractivity contribution in [2.45, 2.75) is 26.1 Å². The second-order valence-corrected chi connectivity index (χ2v) is 7.56. The van der Waals surface area contributed by atoms with Crippen LogP contribution in [0, 0.1) is 12.7 Å². The van der Waals surface area contributed by atoms with E-state index in [1.54, 1.807) is 13.0 Å². The zero-order valence-corrected chi connectivity index (χ0v) is 16.1. The van der Waals surface area contributed by atoms with Crippen molar-refractivity contribution < 1.29 is 8.60 Å². The summed E-state index contributed by atoms with van der Waals surface area (Å²) >= 11 is 0. The van der Waals surface area contributed by atoms with Crippen molar-refractivity contribution in [3.05, 3.63) is 71.0 Å². The van der Waals surface area contributed by atoms with Gasteiger partial charge in [0.15, 0.2) is 5.96 Å². The molecule has 2 N–H and O–H groups in total. The Morgan fingerprint density at radius 3 is 2.58 bits per heavy atom. The summed E-state index contributed by atoms with van der Waals surface area (Å²) in [6, 6.07) is 15.0. The highest BCUT2D eigenvalue weighted by Gasteiger charge is 2.04. The van der Waals surface area contributed by atoms with Gasteiger partial charge in [0.05, 0.1) is 6.54 Å². The Morgan fingerprint density at radius 2 is 1.88 bits per heavy atom. The Balaban J connectivity index is 1.83. The van der Waals surface area contributed by atoms with Gasteiger partial charge in [0.2, 0.25) is 0 Å². The lowest BCUT2D eigenvalue weighted by atomic mass is 10.1. The molecule has 0 bridgehead atoms. The van der Waals surface area contributed by atoms with Gasteiger partial charge in [-0.05, 0) is 36.6 Å². The smallest absolute Gasteiger partial charge is 0.191 e. The second-order valence-electron chi connectivity index (χ2n) is 5.98. The topological polar surface area (TPSA) is 53.5 Å². The van der Waals surface area contributed by atoms with Gasteiger partial charge in [0, 0.05) is 35.4 Å². The van der Waals surface area contributed by atoms with Gasteiger partial charge in [-0.25, -0.2) is 9.38 Å². The van der Waals surface area contributed by atoms with Gasteiger partial charge >= 0.3 is 0 Å². The van der Waals surface area contributed by atoms with Crippen molar-refractivity contribution in [1.82, 2.24) is 10.6 Å². The largest absolute Gasteiger partial charge is 0.357 e. The van der Waals surface area contributed by atoms with Crippen LogP contribution in [0.5, 0.6) is 0 Å². The van der Waals surface area contributed by atoms with Crippen molar-refractivity contribution in [2.75, 3.05) is 18.8 Å². The Kier molecular flexibility index (Phi) is 8.28. The van der Waals surface area contributed by atoms with E-state index in [0.717, 1.165) is 17.7 Å². The van der Waals surface area contributed by atoms with Gasteiger partial charge in [-0.15, -0.1) is 0 Å². The molecule has 2 aromatic carbocycles. The molecule has 0 aliphatic rings. The summed E-state index contributed by atoms with van der Waals surface area (Å²) in [5.74, 6) is 1.52. The van der Waals surface area contributed by atoms with Crippen LogP contribution in [0.15, 0.2) is 53.5 Å². The van der Waals surface area contributed by atoms with Gasteiger partial charge in [0.25, 0.3) is 0 Å². The maximum absolute atomic E-state index is 13.6. The quantitative estimate of drug-likeness (QED) is 0.551. The standard InChI is InChI=1S/C20H26FN3OS/c1-3-22-20(24-14-18-10-9-16(2)19(21)13-18)23-11-12-26(25)15-17-7-5-4-6-8-17/h4-10,13H,3,11-12,14-15H2,1-2H3,(H2,22,23,24). The third kappa shape index (κ3) is 6.96. The highest BCUT2D eigenvalue weighted by atomic mass is 32.2. The first-order chi connectivity index (χ1) is 12.6. The fourth-order valence-corrected chi connectivity index (χ4v) is 3.40. The first kappa shape index (κ1) is 20.1. The normalized spacial score (nSPS) is 12.7. The molecule has 2 aromatic rings. The predicted octanol–water partition coefficient (Wildman–Crippen LogP) is 3.14. The van der Waals surface area contributed by atoms with Crippen molar-refractivity contribution in [3.8, 4) is 0 Å². The molecule has 1 unspecified atom stereocenters. The van der Waals surface area contributed by atoms with Crippen LogP contribution >= 0.6 is 0 Å². The van der Waals surface area contributed by atoms with Gasteiger partial charge in [-0.1, -0.05) is 42.5 Å². The first-order valence-corrected chi connectivity index (χ1v) is 10.2. The highest BCUT2D eigenvalue weighted by molar-refractivity contribution is 7.84. The minimum absolute atomic E-state index is 0.216. The van der Waals surface area contributed by atoms with Crippen molar-refractivity contribution in [1.29, 1.82) is 0 Å². The Labute approximate surface area is 157 Å². The van der Waals surface area contributed by atoms with E-state index in [2.05, 4.69) is 15.6 Å². The molecule has 0 aliphatic carbocycles. The summed E-state index contributed by atoms with van der Waals surface area (Å²) in [6.45, 7) is 5.40. The number of halogens is 1. The van der Waals surface area contributed by atoms with E-state index in [4.69, 9.17) is 0 Å². The minimum Gasteiger partial charge on any atom is -0.357 e. The van der Waals surface area contributed by atoms with E-state index in [1.165, 1.54) is 6.07 Å². The van der Waals surface area contributed by atoms with E-state index in [1.807, 2.05) is 43.3 Å². The average Bonchev–Trinajstić information content (AvgIpc) is 2.63. The molecule has 1 atom stereocenters. The van der Waals surface area contributed by atoms with Gasteiger partial charge in [0.1, 0.15) is 5.82 Å². The van der Waals surface area contributed by atoms with Crippen LogP contribution in [-0.4, -0.2) is 29.0 Å². The average molecular weight is 376 g/mol. The SMILES string of the molecule is CCNC(=NCc1ccc(C)c(F)c1)NCCS(=O)Cc1ccccc1. The number of hydrogen-bond donors (Lipinski definition) is 2. The summed E-state index contributed by atoms with van der Waals surface area (Å²) in [7, 11) is -0.932. The molecule has 140 valence electrons. The van der Waals surface area contributed by atoms with E-state index < -0.39 is 10.8 Å². The van der Waals surface area contributed by atoms with Gasteiger partial charge < -0.3 is 10.6 Å². The highest BCUT2D eigenvalue weighted by Crippen LogP contribution is 2.10. The molecule has 4 nitrogen and oxygen atoms in total. The zero-order valence-electron chi connectivity index (χ0n) is 15.3. The minimum atomic E-state index is -0.932. The summed E-state index contributed by atoms with van der Waals surface area (Å²) in [5.41, 5.74) is 2.52. The number of nitrogens with one attached hydrogen (secondary N) is 2. The first-order valence-electron chi connectivity index (χ1n) is 8.74. The summed E-state index contributed by atoms with van der Waals surface area (Å²) in [4.78, 5) is 4.46. The Morgan fingerprint density at radius 1 is 1.12 bits per heavy atom. The summed E-state index contributed by atoms with van der Waals surface area (Å²) in [6.07, 6.45) is 0. The number of aryl methyl sites for hydroxylation is 1. The molecule has 0 spiro atoms. The fraction of sp³-hybridized carbons (Fsp3) is 0.350. The van der Waals surface area contributed by atoms with Gasteiger partial charge in [-0.2, -0.15) is 0 Å². The molecule has 2 rings (SSSR count). The van der Waals surface area contributed by atoms with Crippen LogP contribution in [0.3, 0.4) is 0 Å². The number of hydrogen-bond acceptors (Lipinski definition) is 2. The van der Waals surface area contributed by atoms with Crippen LogP contribution in [0.25, 0.3) is 0 Å². The maximum atomic E-state index is 13.6. The molecule has 0 fully saturated rings. The lowest BCUT2D eigenvalue weighted by molar-refractivity contribution is 0.616. The van der Waals surface area contributed by atoms with Crippen LogP contribution < -0.4 is 10.6 Å². The molecule has 0 aliphatic heterocycles. The Bertz CT molecular complexity index is 750. The molecule has 0 heterocycles. The van der Waals surface area contributed by atoms with Crippen LogP contribution in [0.2, 0.25) is 0 Å². The molecule has 0 saturated carbocycles. The van der Waals surface area contributed by atoms with Crippen molar-refractivity contribution >= 4 is 16.8 Å². The third-order valence-electron chi connectivity index (χ3n) is 3.79. The third-order valence-corrected chi connectivity index (χ3v) is 5.11. The van der Waals surface area contributed by atoms with Gasteiger partial charge in [-0.3, -0.25) is 4.21 Å². The summed E-state index contributed by atoms with van der Waals surface area (Å²) in [5, 5.41) is 6.33. The molecular weight excluding hydrogens is 349 g/mol. The fourth-order valence-electron chi connectivity index (χ4n) is 2.36. The maximum Gasteiger partial charge on any atom is 0.191 e. The van der Waals surface area contributed by atoms with Crippen molar-refractivity contribution in [2.24, 2.45) is 4.99 Å². The second kappa shape index (κ2) is 10.7. The lowest BCUT2D eigenvalue weighted by Crippen LogP contribution is -2.39. The number of rotatable bonds is 8. The summed E-state index contributed by atoms with van der Waals surface area (Å²) < 4.78 is 25.8. The van der Waals surface area contributed by atoms with E-state index in [0.29, 0.717) is 36.1 Å². The lowest BCUT2D eigenvalue weighted by Gasteiger charge is -2.11. The number of guanidine groups is 1. The predicted molar refractivity (Wildman–Crippen MR) is 107 cm³/mol. The molecule has 6 heteroatoms. The zero-order chi connectivity index (χ0) is 18.8. The number of benzene rings is 2. The van der Waals surface area contributed by atoms with E-state index >= 15 is 0 Å². The molecule has 0 radical (unpaired) electrons. The number of aliphatic imine (C=N–C) groups is 1. The van der Waals surface area contributed by atoms with E-state index in [-0.39, 0.29) is 5.82 Å². The molecular formula is C20H26FN3OS. The van der Waals surface area contributed by atoms with Crippen LogP contribution in [0.4, 0.5) is 4.39 Å². The molecule has 0 saturated heterocycles. The van der Waals surface area contributed by atoms with E-state index in [9.17, 15) is 8.60 Å². The van der Waals surface area contributed by atoms with Crippen LogP contribution in [0.1, 0.15) is 23.6 Å². The molecule has 0 amide bonds. The van der Waals surface area contributed by atoms with Crippen LogP contribution in [-0.2, 0) is 23.1 Å². The molecule has 0 aromatic heterocycles.